The van der Waals surface area contributed by atoms with E-state index in [-0.39, 0.29) is 6.10 Å². The summed E-state index contributed by atoms with van der Waals surface area (Å²) in [6, 6.07) is 10.2. The Kier molecular flexibility index (Phi) is 7.46. The first kappa shape index (κ1) is 21.3. The summed E-state index contributed by atoms with van der Waals surface area (Å²) in [7, 11) is 1.49. The lowest BCUT2D eigenvalue weighted by Crippen LogP contribution is -2.40. The van der Waals surface area contributed by atoms with Crippen LogP contribution in [0.2, 0.25) is 5.02 Å². The zero-order valence-corrected chi connectivity index (χ0v) is 17.0. The van der Waals surface area contributed by atoms with Crippen molar-refractivity contribution in [3.63, 3.8) is 0 Å². The molecule has 0 radical (unpaired) electrons. The lowest BCUT2D eigenvalue weighted by atomic mass is 10.1. The Morgan fingerprint density at radius 3 is 2.46 bits per heavy atom. The van der Waals surface area contributed by atoms with E-state index in [0.29, 0.717) is 22.1 Å². The molecule has 2 aromatic rings. The summed E-state index contributed by atoms with van der Waals surface area (Å²) in [4.78, 5) is 24.2. The second-order valence-electron chi connectivity index (χ2n) is 6.32. The van der Waals surface area contributed by atoms with Gasteiger partial charge in [0.05, 0.1) is 13.2 Å². The summed E-state index contributed by atoms with van der Waals surface area (Å²) in [5, 5.41) is 0.620. The van der Waals surface area contributed by atoms with Crippen LogP contribution in [-0.4, -0.2) is 25.0 Å². The Balaban J connectivity index is 1.96. The Bertz CT molecular complexity index is 894. The number of nitrogens with one attached hydrogen (secondary N) is 2. The maximum atomic E-state index is 12.2. The van der Waals surface area contributed by atoms with Gasteiger partial charge in [-0.25, -0.2) is 0 Å². The van der Waals surface area contributed by atoms with Crippen molar-refractivity contribution in [3.05, 3.63) is 64.2 Å². The van der Waals surface area contributed by atoms with Crippen LogP contribution in [0.25, 0.3) is 6.08 Å². The van der Waals surface area contributed by atoms with E-state index in [2.05, 4.69) is 10.9 Å². The molecule has 0 fully saturated rings. The van der Waals surface area contributed by atoms with Crippen molar-refractivity contribution < 1.29 is 19.1 Å². The molecule has 0 atom stereocenters. The number of aryl methyl sites for hydroxylation is 1. The summed E-state index contributed by atoms with van der Waals surface area (Å²) in [5.74, 6) is 0.0212. The van der Waals surface area contributed by atoms with Gasteiger partial charge in [0, 0.05) is 16.7 Å². The smallest absolute Gasteiger partial charge is 0.269 e. The minimum absolute atomic E-state index is 0.0249. The van der Waals surface area contributed by atoms with Crippen molar-refractivity contribution >= 4 is 29.5 Å². The van der Waals surface area contributed by atoms with Crippen molar-refractivity contribution in [2.45, 2.75) is 26.9 Å². The number of halogens is 1. The summed E-state index contributed by atoms with van der Waals surface area (Å²) < 4.78 is 10.9. The monoisotopic (exact) mass is 402 g/mol. The highest BCUT2D eigenvalue weighted by molar-refractivity contribution is 6.31. The molecule has 0 aliphatic rings. The summed E-state index contributed by atoms with van der Waals surface area (Å²) >= 11 is 6.05. The Hall–Kier alpha value is -2.99. The number of ether oxygens (including phenoxy) is 2. The number of hydrazine groups is 1. The van der Waals surface area contributed by atoms with Crippen molar-refractivity contribution in [1.82, 2.24) is 10.9 Å². The summed E-state index contributed by atoms with van der Waals surface area (Å²) in [6.07, 6.45) is 2.89. The van der Waals surface area contributed by atoms with Gasteiger partial charge in [-0.2, -0.15) is 0 Å². The number of carbonyl (C=O) groups is 2. The summed E-state index contributed by atoms with van der Waals surface area (Å²) in [5.41, 5.74) is 6.74. The molecule has 2 aromatic carbocycles. The van der Waals surface area contributed by atoms with Gasteiger partial charge in [-0.1, -0.05) is 23.7 Å². The maximum Gasteiger partial charge on any atom is 0.269 e. The van der Waals surface area contributed by atoms with E-state index >= 15 is 0 Å². The predicted octanol–water partition coefficient (Wildman–Crippen LogP) is 3.92. The van der Waals surface area contributed by atoms with Gasteiger partial charge in [-0.05, 0) is 62.2 Å². The van der Waals surface area contributed by atoms with Gasteiger partial charge in [0.1, 0.15) is 0 Å². The molecule has 0 aliphatic carbocycles. The molecule has 0 saturated heterocycles. The molecule has 0 aliphatic heterocycles. The lowest BCUT2D eigenvalue weighted by molar-refractivity contribution is -0.117. The number of hydrogen-bond donors (Lipinski definition) is 2. The average Bonchev–Trinajstić information content (AvgIpc) is 2.66. The maximum absolute atomic E-state index is 12.2. The molecular formula is C21H23ClN2O4. The van der Waals surface area contributed by atoms with Crippen molar-refractivity contribution in [1.29, 1.82) is 0 Å². The molecule has 28 heavy (non-hydrogen) atoms. The molecule has 2 amide bonds. The highest BCUT2D eigenvalue weighted by atomic mass is 35.5. The van der Waals surface area contributed by atoms with Crippen LogP contribution in [0.15, 0.2) is 42.5 Å². The van der Waals surface area contributed by atoms with Crippen LogP contribution in [0.5, 0.6) is 11.5 Å². The average molecular weight is 403 g/mol. The number of hydrogen-bond acceptors (Lipinski definition) is 4. The van der Waals surface area contributed by atoms with Crippen LogP contribution in [0.4, 0.5) is 0 Å². The molecule has 6 nitrogen and oxygen atoms in total. The lowest BCUT2D eigenvalue weighted by Gasteiger charge is -2.14. The van der Waals surface area contributed by atoms with Gasteiger partial charge in [0.15, 0.2) is 11.5 Å². The molecule has 148 valence electrons. The number of amides is 2. The van der Waals surface area contributed by atoms with Gasteiger partial charge in [-0.15, -0.1) is 0 Å². The van der Waals surface area contributed by atoms with Gasteiger partial charge in [0.2, 0.25) is 0 Å². The second kappa shape index (κ2) is 9.80. The third-order valence-electron chi connectivity index (χ3n) is 3.71. The normalized spacial score (nSPS) is 10.8. The molecule has 2 rings (SSSR count). The number of rotatable bonds is 6. The van der Waals surface area contributed by atoms with Crippen molar-refractivity contribution in [2.24, 2.45) is 0 Å². The van der Waals surface area contributed by atoms with E-state index in [1.165, 1.54) is 13.2 Å². The molecule has 7 heteroatoms. The summed E-state index contributed by atoms with van der Waals surface area (Å²) in [6.45, 7) is 5.69. The highest BCUT2D eigenvalue weighted by Gasteiger charge is 2.12. The minimum Gasteiger partial charge on any atom is -0.493 e. The first-order valence-corrected chi connectivity index (χ1v) is 9.07. The van der Waals surface area contributed by atoms with Crippen LogP contribution in [0, 0.1) is 6.92 Å². The van der Waals surface area contributed by atoms with E-state index in [4.69, 9.17) is 21.1 Å². The molecule has 0 bridgehead atoms. The quantitative estimate of drug-likeness (QED) is 0.567. The van der Waals surface area contributed by atoms with Crippen LogP contribution in [-0.2, 0) is 4.79 Å². The zero-order chi connectivity index (χ0) is 20.7. The molecular weight excluding hydrogens is 380 g/mol. The molecule has 0 heterocycles. The largest absolute Gasteiger partial charge is 0.493 e. The molecule has 0 unspecified atom stereocenters. The first-order chi connectivity index (χ1) is 13.3. The Morgan fingerprint density at radius 1 is 1.07 bits per heavy atom. The Labute approximate surface area is 169 Å². The fourth-order valence-electron chi connectivity index (χ4n) is 2.28. The van der Waals surface area contributed by atoms with Gasteiger partial charge >= 0.3 is 0 Å². The number of benzene rings is 2. The number of carbonyl (C=O) groups excluding carboxylic acids is 2. The fraction of sp³-hybridized carbons (Fsp3) is 0.238. The van der Waals surface area contributed by atoms with Crippen LogP contribution < -0.4 is 20.3 Å². The molecule has 0 saturated carbocycles. The SMILES string of the molecule is COc1cc(C(=O)NNC(=O)/C=C/c2ccc(C)c(Cl)c2)ccc1OC(C)C. The van der Waals surface area contributed by atoms with Gasteiger partial charge in [-0.3, -0.25) is 20.4 Å². The standard InChI is InChI=1S/C21H23ClN2O4/c1-13(2)28-18-9-8-16(12-19(18)27-4)21(26)24-23-20(25)10-7-15-6-5-14(3)17(22)11-15/h5-13H,1-4H3,(H,23,25)(H,24,26)/b10-7+. The van der Waals surface area contributed by atoms with Crippen molar-refractivity contribution in [2.75, 3.05) is 7.11 Å². The van der Waals surface area contributed by atoms with Crippen molar-refractivity contribution in [3.8, 4) is 11.5 Å². The van der Waals surface area contributed by atoms with E-state index < -0.39 is 11.8 Å². The topological polar surface area (TPSA) is 76.7 Å². The predicted molar refractivity (Wildman–Crippen MR) is 110 cm³/mol. The molecule has 2 N–H and O–H groups in total. The van der Waals surface area contributed by atoms with E-state index in [9.17, 15) is 9.59 Å². The molecule has 0 spiro atoms. The van der Waals surface area contributed by atoms with E-state index in [1.807, 2.05) is 32.9 Å². The van der Waals surface area contributed by atoms with E-state index in [1.54, 1.807) is 30.3 Å². The fourth-order valence-corrected chi connectivity index (χ4v) is 2.47. The molecule has 0 aromatic heterocycles. The van der Waals surface area contributed by atoms with Crippen LogP contribution >= 0.6 is 11.6 Å². The number of methoxy groups -OCH3 is 1. The second-order valence-corrected chi connectivity index (χ2v) is 6.72. The first-order valence-electron chi connectivity index (χ1n) is 8.69. The van der Waals surface area contributed by atoms with Crippen LogP contribution in [0.3, 0.4) is 0 Å². The third kappa shape index (κ3) is 6.03. The third-order valence-corrected chi connectivity index (χ3v) is 4.12. The van der Waals surface area contributed by atoms with Gasteiger partial charge < -0.3 is 9.47 Å². The highest BCUT2D eigenvalue weighted by Crippen LogP contribution is 2.28. The van der Waals surface area contributed by atoms with Crippen LogP contribution in [0.1, 0.15) is 35.3 Å². The minimum atomic E-state index is -0.477. The zero-order valence-electron chi connectivity index (χ0n) is 16.2. The Morgan fingerprint density at radius 2 is 1.82 bits per heavy atom. The van der Waals surface area contributed by atoms with E-state index in [0.717, 1.165) is 11.1 Å². The van der Waals surface area contributed by atoms with Gasteiger partial charge in [0.25, 0.3) is 11.8 Å².